The number of aliphatic hydroxyl groups excluding tert-OH is 1. The smallest absolute Gasteiger partial charge is 0.269 e. The number of benzene rings is 1. The first-order chi connectivity index (χ1) is 11.1. The zero-order valence-electron chi connectivity index (χ0n) is 11.8. The lowest BCUT2D eigenvalue weighted by molar-refractivity contribution is -0.384. The number of halogens is 1. The lowest BCUT2D eigenvalue weighted by atomic mass is 10.1. The van der Waals surface area contributed by atoms with Gasteiger partial charge in [-0.2, -0.15) is 5.10 Å². The van der Waals surface area contributed by atoms with Crippen LogP contribution in [0.4, 0.5) is 11.5 Å². The Kier molecular flexibility index (Phi) is 4.22. The molecule has 0 bridgehead atoms. The van der Waals surface area contributed by atoms with Crippen molar-refractivity contribution < 1.29 is 10.0 Å². The second kappa shape index (κ2) is 6.31. The molecule has 1 unspecified atom stereocenters. The zero-order valence-corrected chi connectivity index (χ0v) is 13.3. The maximum atomic E-state index is 10.9. The third-order valence-corrected chi connectivity index (χ3v) is 3.94. The van der Waals surface area contributed by atoms with Crippen molar-refractivity contribution in [2.75, 3.05) is 11.9 Å². The summed E-state index contributed by atoms with van der Waals surface area (Å²) in [6.07, 6.45) is 4.92. The van der Waals surface area contributed by atoms with Gasteiger partial charge in [0, 0.05) is 24.5 Å². The van der Waals surface area contributed by atoms with E-state index in [4.69, 9.17) is 0 Å². The molecule has 0 aliphatic rings. The number of aliphatic hydroxyl groups is 1. The number of nitro benzene ring substituents is 1. The van der Waals surface area contributed by atoms with E-state index in [1.54, 1.807) is 35.2 Å². The third kappa shape index (κ3) is 3.01. The molecule has 1 aromatic carbocycles. The summed E-state index contributed by atoms with van der Waals surface area (Å²) in [5, 5.41) is 27.8. The van der Waals surface area contributed by atoms with Crippen LogP contribution in [0.5, 0.6) is 0 Å². The van der Waals surface area contributed by atoms with Crippen LogP contribution in [0.3, 0.4) is 0 Å². The number of fused-ring (bicyclic) bond motifs is 1. The average molecular weight is 378 g/mol. The van der Waals surface area contributed by atoms with Crippen LogP contribution < -0.4 is 5.32 Å². The van der Waals surface area contributed by atoms with E-state index in [0.717, 1.165) is 9.99 Å². The van der Waals surface area contributed by atoms with E-state index < -0.39 is 11.0 Å². The number of nitrogens with one attached hydrogen (secondary N) is 1. The molecule has 2 N–H and O–H groups in total. The van der Waals surface area contributed by atoms with Gasteiger partial charge in [-0.1, -0.05) is 12.1 Å². The van der Waals surface area contributed by atoms with Crippen LogP contribution in [0.15, 0.2) is 47.3 Å². The SMILES string of the molecule is O=[N+]([O-])c1cccc(C(CO)Nc2nccn3ncc(Br)c23)c1. The molecule has 0 saturated heterocycles. The van der Waals surface area contributed by atoms with E-state index in [0.29, 0.717) is 11.4 Å². The quantitative estimate of drug-likeness (QED) is 0.522. The highest BCUT2D eigenvalue weighted by atomic mass is 79.9. The zero-order chi connectivity index (χ0) is 16.4. The maximum Gasteiger partial charge on any atom is 0.269 e. The molecule has 2 aromatic heterocycles. The molecule has 0 amide bonds. The van der Waals surface area contributed by atoms with Crippen LogP contribution >= 0.6 is 15.9 Å². The fraction of sp³-hybridized carbons (Fsp3) is 0.143. The van der Waals surface area contributed by atoms with Gasteiger partial charge >= 0.3 is 0 Å². The number of aromatic nitrogens is 3. The van der Waals surface area contributed by atoms with Crippen molar-refractivity contribution in [1.29, 1.82) is 0 Å². The highest BCUT2D eigenvalue weighted by molar-refractivity contribution is 9.10. The molecule has 0 aliphatic carbocycles. The van der Waals surface area contributed by atoms with E-state index in [1.807, 2.05) is 0 Å². The first-order valence-electron chi connectivity index (χ1n) is 6.69. The van der Waals surface area contributed by atoms with Crippen LogP contribution in [0.2, 0.25) is 0 Å². The average Bonchev–Trinajstić information content (AvgIpc) is 2.95. The summed E-state index contributed by atoms with van der Waals surface area (Å²) < 4.78 is 2.39. The van der Waals surface area contributed by atoms with E-state index in [1.165, 1.54) is 12.1 Å². The summed E-state index contributed by atoms with van der Waals surface area (Å²) in [6, 6.07) is 5.60. The molecule has 23 heavy (non-hydrogen) atoms. The van der Waals surface area contributed by atoms with Gasteiger partial charge in [0.05, 0.1) is 28.2 Å². The number of non-ortho nitro benzene ring substituents is 1. The van der Waals surface area contributed by atoms with Gasteiger partial charge in [-0.3, -0.25) is 10.1 Å². The number of nitrogens with zero attached hydrogens (tertiary/aromatic N) is 4. The summed E-state index contributed by atoms with van der Waals surface area (Å²) >= 11 is 3.40. The van der Waals surface area contributed by atoms with Gasteiger partial charge in [-0.05, 0) is 21.5 Å². The molecule has 3 aromatic rings. The number of hydrogen-bond donors (Lipinski definition) is 2. The van der Waals surface area contributed by atoms with Gasteiger partial charge in [-0.15, -0.1) is 0 Å². The van der Waals surface area contributed by atoms with Crippen molar-refractivity contribution >= 4 is 33.0 Å². The first kappa shape index (κ1) is 15.4. The van der Waals surface area contributed by atoms with Crippen molar-refractivity contribution in [2.45, 2.75) is 6.04 Å². The van der Waals surface area contributed by atoms with Crippen LogP contribution in [0.1, 0.15) is 11.6 Å². The summed E-state index contributed by atoms with van der Waals surface area (Å²) in [7, 11) is 0. The molecule has 9 heteroatoms. The molecule has 0 aliphatic heterocycles. The Balaban J connectivity index is 1.97. The first-order valence-corrected chi connectivity index (χ1v) is 7.49. The molecule has 0 saturated carbocycles. The standard InChI is InChI=1S/C14H12BrN5O3/c15-11-7-17-19-5-4-16-14(13(11)19)18-12(8-21)9-2-1-3-10(6-9)20(22)23/h1-7,12,21H,8H2,(H,16,18). The van der Waals surface area contributed by atoms with E-state index in [9.17, 15) is 15.2 Å². The number of nitro groups is 1. The Morgan fingerprint density at radius 2 is 2.30 bits per heavy atom. The minimum absolute atomic E-state index is 0.0283. The van der Waals surface area contributed by atoms with Gasteiger partial charge in [0.2, 0.25) is 0 Å². The number of anilines is 1. The normalized spacial score (nSPS) is 12.3. The Morgan fingerprint density at radius 1 is 1.48 bits per heavy atom. The minimum Gasteiger partial charge on any atom is -0.394 e. The molecule has 8 nitrogen and oxygen atoms in total. The van der Waals surface area contributed by atoms with Gasteiger partial charge in [-0.25, -0.2) is 9.50 Å². The lowest BCUT2D eigenvalue weighted by Gasteiger charge is -2.17. The molecular formula is C14H12BrN5O3. The molecule has 0 spiro atoms. The van der Waals surface area contributed by atoms with Crippen LogP contribution in [0, 0.1) is 10.1 Å². The van der Waals surface area contributed by atoms with Crippen molar-refractivity contribution in [3.8, 4) is 0 Å². The van der Waals surface area contributed by atoms with Crippen molar-refractivity contribution in [3.63, 3.8) is 0 Å². The molecule has 3 rings (SSSR count). The predicted octanol–water partition coefficient (Wildman–Crippen LogP) is 2.55. The fourth-order valence-electron chi connectivity index (χ4n) is 2.27. The van der Waals surface area contributed by atoms with Gasteiger partial charge < -0.3 is 10.4 Å². The Bertz CT molecular complexity index is 866. The summed E-state index contributed by atoms with van der Waals surface area (Å²) in [5.74, 6) is 0.516. The van der Waals surface area contributed by atoms with Gasteiger partial charge in [0.1, 0.15) is 5.52 Å². The predicted molar refractivity (Wildman–Crippen MR) is 87.2 cm³/mol. The van der Waals surface area contributed by atoms with Crippen molar-refractivity contribution in [2.24, 2.45) is 0 Å². The number of hydrogen-bond acceptors (Lipinski definition) is 6. The van der Waals surface area contributed by atoms with E-state index >= 15 is 0 Å². The molecule has 1 atom stereocenters. The molecule has 118 valence electrons. The monoisotopic (exact) mass is 377 g/mol. The Morgan fingerprint density at radius 3 is 3.04 bits per heavy atom. The van der Waals surface area contributed by atoms with Gasteiger partial charge in [0.15, 0.2) is 5.82 Å². The summed E-state index contributed by atoms with van der Waals surface area (Å²) in [5.41, 5.74) is 1.29. The van der Waals surface area contributed by atoms with Crippen LogP contribution in [0.25, 0.3) is 5.52 Å². The second-order valence-corrected chi connectivity index (χ2v) is 5.65. The Labute approximate surface area is 139 Å². The largest absolute Gasteiger partial charge is 0.394 e. The molecule has 0 fully saturated rings. The topological polar surface area (TPSA) is 106 Å². The lowest BCUT2D eigenvalue weighted by Crippen LogP contribution is -2.16. The highest BCUT2D eigenvalue weighted by Gasteiger charge is 2.17. The Hall–Kier alpha value is -2.52. The third-order valence-electron chi connectivity index (χ3n) is 3.36. The van der Waals surface area contributed by atoms with Crippen LogP contribution in [-0.2, 0) is 0 Å². The maximum absolute atomic E-state index is 10.9. The van der Waals surface area contributed by atoms with E-state index in [2.05, 4.69) is 31.3 Å². The molecular weight excluding hydrogens is 366 g/mol. The van der Waals surface area contributed by atoms with Crippen molar-refractivity contribution in [3.05, 3.63) is 63.0 Å². The highest BCUT2D eigenvalue weighted by Crippen LogP contribution is 2.27. The van der Waals surface area contributed by atoms with Crippen molar-refractivity contribution in [1.82, 2.24) is 14.6 Å². The van der Waals surface area contributed by atoms with Crippen LogP contribution in [-0.4, -0.2) is 31.2 Å². The number of rotatable bonds is 5. The molecule has 0 radical (unpaired) electrons. The molecule has 2 heterocycles. The summed E-state index contributed by atoms with van der Waals surface area (Å²) in [6.45, 7) is -0.240. The van der Waals surface area contributed by atoms with E-state index in [-0.39, 0.29) is 12.3 Å². The minimum atomic E-state index is -0.532. The second-order valence-electron chi connectivity index (χ2n) is 4.79. The fourth-order valence-corrected chi connectivity index (χ4v) is 2.73. The van der Waals surface area contributed by atoms with Gasteiger partial charge in [0.25, 0.3) is 5.69 Å². The summed E-state index contributed by atoms with van der Waals surface area (Å²) in [4.78, 5) is 14.7.